The molecule has 4 aliphatic rings. The molecule has 0 spiro atoms. The number of rotatable bonds is 0. The van der Waals surface area contributed by atoms with Gasteiger partial charge in [-0.2, -0.15) is 0 Å². The van der Waals surface area contributed by atoms with Crippen LogP contribution in [0.3, 0.4) is 0 Å². The van der Waals surface area contributed by atoms with Gasteiger partial charge in [-0.3, -0.25) is 9.59 Å². The van der Waals surface area contributed by atoms with Crippen LogP contribution in [0.5, 0.6) is 34.5 Å². The molecule has 4 heterocycles. The molecule has 1 atom stereocenters. The fourth-order valence-electron chi connectivity index (χ4n) is 5.04. The molecule has 7 N–H and O–H groups in total. The minimum Gasteiger partial charge on any atom is -0.503 e. The Morgan fingerprint density at radius 3 is 1.75 bits per heavy atom. The first-order chi connectivity index (χ1) is 24.8. The van der Waals surface area contributed by atoms with Crippen LogP contribution < -0.4 is 20.1 Å². The molecule has 2 amide bonds. The molecule has 4 aliphatic heterocycles. The van der Waals surface area contributed by atoms with Crippen LogP contribution in [0, 0.1) is 0 Å². The van der Waals surface area contributed by atoms with Crippen LogP contribution in [0.1, 0.15) is 28.4 Å². The van der Waals surface area contributed by atoms with Gasteiger partial charge < -0.3 is 45.8 Å². The first-order valence-electron chi connectivity index (χ1n) is 15.1. The highest BCUT2D eigenvalue weighted by Crippen LogP contribution is 2.44. The van der Waals surface area contributed by atoms with Crippen molar-refractivity contribution < 1.29 is 44.8 Å². The Morgan fingerprint density at radius 1 is 0.635 bits per heavy atom. The summed E-state index contributed by atoms with van der Waals surface area (Å²) >= 11 is 17.0. The summed E-state index contributed by atoms with van der Waals surface area (Å²) in [6, 6.07) is 14.3. The molecule has 52 heavy (non-hydrogen) atoms. The third-order valence-corrected chi connectivity index (χ3v) is 10.7. The Labute approximate surface area is 338 Å². The van der Waals surface area contributed by atoms with Crippen LogP contribution in [-0.4, -0.2) is 62.1 Å². The SMILES string of the molecule is O=C1NCCc2cc(Br)c(O)c(c2)Oc2ccc(cc2Br)[C@@H](O)CNC(=O)/C(=N/O)Cc2cc(Br)c(O)c(c2)Oc2c(Br)cc(cc2Br)C/C1=N\O. The highest BCUT2D eigenvalue weighted by Gasteiger charge is 2.22. The van der Waals surface area contributed by atoms with Gasteiger partial charge in [0.25, 0.3) is 11.8 Å². The van der Waals surface area contributed by atoms with E-state index < -0.39 is 17.9 Å². The van der Waals surface area contributed by atoms with E-state index in [9.17, 15) is 35.3 Å². The van der Waals surface area contributed by atoms with Crippen molar-refractivity contribution in [2.45, 2.75) is 25.4 Å². The van der Waals surface area contributed by atoms with Crippen LogP contribution in [0.2, 0.25) is 0 Å². The third-order valence-electron chi connectivity index (χ3n) is 7.67. The summed E-state index contributed by atoms with van der Waals surface area (Å²) in [7, 11) is 0. The fraction of sp³-hybridized carbons (Fsp3) is 0.176. The second kappa shape index (κ2) is 17.4. The van der Waals surface area contributed by atoms with Crippen molar-refractivity contribution in [2.24, 2.45) is 10.3 Å². The largest absolute Gasteiger partial charge is 0.503 e. The van der Waals surface area contributed by atoms with E-state index in [1.807, 2.05) is 0 Å². The Kier molecular flexibility index (Phi) is 13.2. The van der Waals surface area contributed by atoms with Crippen LogP contribution in [0.25, 0.3) is 0 Å². The summed E-state index contributed by atoms with van der Waals surface area (Å²) in [5.74, 6) is -1.06. The van der Waals surface area contributed by atoms with Gasteiger partial charge >= 0.3 is 0 Å². The van der Waals surface area contributed by atoms with Gasteiger partial charge in [-0.25, -0.2) is 0 Å². The average molecular weight is 1040 g/mol. The molecular weight excluding hydrogens is 1010 g/mol. The van der Waals surface area contributed by atoms with E-state index in [0.717, 1.165) is 0 Å². The van der Waals surface area contributed by atoms with E-state index in [1.54, 1.807) is 42.5 Å². The molecule has 272 valence electrons. The minimum absolute atomic E-state index is 0.00238. The van der Waals surface area contributed by atoms with Gasteiger partial charge in [-0.05, 0) is 157 Å². The number of nitrogens with one attached hydrogen (secondary N) is 2. The second-order valence-corrected chi connectivity index (χ2v) is 15.6. The van der Waals surface area contributed by atoms with Crippen molar-refractivity contribution in [3.8, 4) is 34.5 Å². The lowest BCUT2D eigenvalue weighted by Gasteiger charge is -2.17. The smallest absolute Gasteiger partial charge is 0.269 e. The van der Waals surface area contributed by atoms with Crippen LogP contribution in [0.4, 0.5) is 0 Å². The number of phenolic OH excluding ortho intramolecular Hbond substituents is 2. The number of aromatic hydroxyl groups is 2. The first kappa shape index (κ1) is 39.5. The number of carbonyl (C=O) groups is 2. The normalized spacial score (nSPS) is 17.5. The van der Waals surface area contributed by atoms with Gasteiger partial charge in [0, 0.05) is 25.9 Å². The van der Waals surface area contributed by atoms with E-state index in [2.05, 4.69) is 101 Å². The van der Waals surface area contributed by atoms with Crippen molar-refractivity contribution in [1.29, 1.82) is 0 Å². The average Bonchev–Trinajstić information content (AvgIpc) is 3.10. The highest BCUT2D eigenvalue weighted by molar-refractivity contribution is 9.11. The monoisotopic (exact) mass is 1030 g/mol. The molecule has 0 aromatic heterocycles. The zero-order valence-electron chi connectivity index (χ0n) is 26.5. The lowest BCUT2D eigenvalue weighted by Crippen LogP contribution is -2.35. The molecule has 8 rings (SSSR count). The quantitative estimate of drug-likeness (QED) is 0.0679. The molecule has 4 aromatic rings. The zero-order valence-corrected chi connectivity index (χ0v) is 34.4. The number of ether oxygens (including phenoxy) is 2. The Bertz CT molecular complexity index is 2090. The van der Waals surface area contributed by atoms with Gasteiger partial charge in [-0.1, -0.05) is 16.4 Å². The number of amides is 2. The van der Waals surface area contributed by atoms with E-state index in [1.165, 1.54) is 12.1 Å². The van der Waals surface area contributed by atoms with Crippen LogP contribution >= 0.6 is 79.6 Å². The van der Waals surface area contributed by atoms with E-state index in [4.69, 9.17) is 9.47 Å². The first-order valence-corrected chi connectivity index (χ1v) is 19.1. The number of oxime groups is 2. The van der Waals surface area contributed by atoms with Gasteiger partial charge in [0.05, 0.1) is 28.5 Å². The number of carbonyl (C=O) groups excluding carboxylic acids is 2. The molecule has 0 unspecified atom stereocenters. The lowest BCUT2D eigenvalue weighted by atomic mass is 10.1. The number of hydrogen-bond donors (Lipinski definition) is 7. The molecule has 4 aromatic carbocycles. The maximum atomic E-state index is 13.0. The van der Waals surface area contributed by atoms with Crippen molar-refractivity contribution >= 4 is 103 Å². The molecule has 0 saturated heterocycles. The van der Waals surface area contributed by atoms with Crippen molar-refractivity contribution in [3.63, 3.8) is 0 Å². The number of phenols is 2. The predicted octanol–water partition coefficient (Wildman–Crippen LogP) is 7.76. The van der Waals surface area contributed by atoms with E-state index in [-0.39, 0.29) is 70.6 Å². The summed E-state index contributed by atoms with van der Waals surface area (Å²) in [5.41, 5.74) is 1.69. The molecule has 0 fully saturated rings. The van der Waals surface area contributed by atoms with E-state index >= 15 is 0 Å². The Morgan fingerprint density at radius 2 is 1.15 bits per heavy atom. The molecule has 8 bridgehead atoms. The number of hydrogen-bond acceptors (Lipinski definition) is 11. The Balaban J connectivity index is 1.49. The summed E-state index contributed by atoms with van der Waals surface area (Å²) in [5, 5.41) is 63.5. The van der Waals surface area contributed by atoms with Crippen molar-refractivity contribution in [3.05, 3.63) is 99.2 Å². The highest BCUT2D eigenvalue weighted by atomic mass is 79.9. The fourth-order valence-corrected chi connectivity index (χ4v) is 7.94. The predicted molar refractivity (Wildman–Crippen MR) is 208 cm³/mol. The summed E-state index contributed by atoms with van der Waals surface area (Å²) in [6.45, 7) is -0.0700. The van der Waals surface area contributed by atoms with Gasteiger partial charge in [0.1, 0.15) is 17.2 Å². The topological polar surface area (TPSA) is 203 Å². The molecule has 0 aliphatic carbocycles. The molecule has 0 saturated carbocycles. The maximum absolute atomic E-state index is 13.0. The number of halogens is 5. The van der Waals surface area contributed by atoms with Gasteiger partial charge in [0.15, 0.2) is 28.7 Å². The molecule has 0 radical (unpaired) electrons. The third kappa shape index (κ3) is 9.45. The molecular formula is C34H27Br5N4O9. The maximum Gasteiger partial charge on any atom is 0.269 e. The number of nitrogens with zero attached hydrogens (tertiary/aromatic N) is 2. The Hall–Kier alpha value is -3.68. The van der Waals surface area contributed by atoms with Crippen molar-refractivity contribution in [1.82, 2.24) is 10.6 Å². The standard InChI is InChI=1S/C34H27Br5N4O9/c35-19-13-18-1-2-27(19)51-28-11-15(5-20(36)30(28)45)3-4-40-33(47)24(42-49)9-16-7-22(38)32(23(39)8-16)52-29-12-17(6-21(37)31(29)46)10-25(43-50)34(48)41-14-26(18)44/h1-2,5-8,11-13,26,44-46,49-50H,3-4,9-10,14H2,(H,40,47)(H,41,48)/b42-24+,43-25+/t26-/m0/s1. The van der Waals surface area contributed by atoms with Crippen molar-refractivity contribution in [2.75, 3.05) is 13.1 Å². The lowest BCUT2D eigenvalue weighted by molar-refractivity contribution is -0.116. The second-order valence-electron chi connectivity index (χ2n) is 11.3. The van der Waals surface area contributed by atoms with Crippen LogP contribution in [0.15, 0.2) is 87.3 Å². The number of benzene rings is 4. The number of aliphatic hydroxyl groups excluding tert-OH is 1. The molecule has 13 nitrogen and oxygen atoms in total. The summed E-state index contributed by atoms with van der Waals surface area (Å²) in [4.78, 5) is 26.0. The van der Waals surface area contributed by atoms with Crippen LogP contribution in [-0.2, 0) is 28.9 Å². The summed E-state index contributed by atoms with van der Waals surface area (Å²) in [6.07, 6.45) is -1.06. The van der Waals surface area contributed by atoms with Gasteiger partial charge in [-0.15, -0.1) is 0 Å². The molecule has 18 heteroatoms. The zero-order chi connectivity index (χ0) is 37.7. The van der Waals surface area contributed by atoms with E-state index in [0.29, 0.717) is 52.3 Å². The summed E-state index contributed by atoms with van der Waals surface area (Å²) < 4.78 is 13.9. The minimum atomic E-state index is -1.16. The number of aliphatic hydroxyl groups is 1. The van der Waals surface area contributed by atoms with Gasteiger partial charge in [0.2, 0.25) is 0 Å².